The summed E-state index contributed by atoms with van der Waals surface area (Å²) in [6.07, 6.45) is 1.81. The summed E-state index contributed by atoms with van der Waals surface area (Å²) in [5, 5.41) is 9.69. The van der Waals surface area contributed by atoms with Crippen LogP contribution in [0.5, 0.6) is 0 Å². The van der Waals surface area contributed by atoms with E-state index in [0.29, 0.717) is 54.5 Å². The van der Waals surface area contributed by atoms with E-state index in [1.54, 1.807) is 27.8 Å². The van der Waals surface area contributed by atoms with Crippen molar-refractivity contribution in [2.45, 2.75) is 38.8 Å². The lowest BCUT2D eigenvalue weighted by molar-refractivity contribution is 0.0765. The highest BCUT2D eigenvalue weighted by atomic mass is 16.3. The van der Waals surface area contributed by atoms with Crippen LogP contribution in [0.3, 0.4) is 0 Å². The molecule has 2 N–H and O–H groups in total. The lowest BCUT2D eigenvalue weighted by Crippen LogP contribution is -2.29. The summed E-state index contributed by atoms with van der Waals surface area (Å²) >= 11 is 0. The summed E-state index contributed by atoms with van der Waals surface area (Å²) < 4.78 is 1.59. The molecule has 0 saturated carbocycles. The summed E-state index contributed by atoms with van der Waals surface area (Å²) in [4.78, 5) is 39.1. The van der Waals surface area contributed by atoms with Crippen LogP contribution in [0.1, 0.15) is 47.7 Å². The van der Waals surface area contributed by atoms with Crippen LogP contribution >= 0.6 is 0 Å². The van der Waals surface area contributed by atoms with Gasteiger partial charge >= 0.3 is 5.69 Å². The van der Waals surface area contributed by atoms with E-state index < -0.39 is 6.10 Å². The summed E-state index contributed by atoms with van der Waals surface area (Å²) in [5.41, 5.74) is 4.41. The van der Waals surface area contributed by atoms with E-state index in [2.05, 4.69) is 29.9 Å². The molecule has 8 nitrogen and oxygen atoms in total. The van der Waals surface area contributed by atoms with E-state index in [1.165, 1.54) is 0 Å². The molecule has 1 aliphatic heterocycles. The Labute approximate surface area is 196 Å². The Kier molecular flexibility index (Phi) is 5.75. The Bertz CT molecular complexity index is 1400. The first kappa shape index (κ1) is 22.0. The van der Waals surface area contributed by atoms with E-state index in [9.17, 15) is 14.7 Å². The monoisotopic (exact) mass is 457 g/mol. The number of imidazole rings is 1. The van der Waals surface area contributed by atoms with Gasteiger partial charge in [-0.05, 0) is 35.6 Å². The maximum Gasteiger partial charge on any atom is 0.328 e. The van der Waals surface area contributed by atoms with Crippen LogP contribution < -0.4 is 5.69 Å². The van der Waals surface area contributed by atoms with Gasteiger partial charge in [0.25, 0.3) is 5.91 Å². The lowest BCUT2D eigenvalue weighted by Gasteiger charge is -2.15. The summed E-state index contributed by atoms with van der Waals surface area (Å²) in [6.45, 7) is 5.51. The van der Waals surface area contributed by atoms with E-state index in [1.807, 2.05) is 30.3 Å². The Morgan fingerprint density at radius 1 is 1.18 bits per heavy atom. The Balaban J connectivity index is 1.44. The molecule has 8 heteroatoms. The number of β-amino-alcohol motifs (C(OH)–C–C–N with tert-alkyl or cyclic N) is 1. The minimum absolute atomic E-state index is 0.0893. The van der Waals surface area contributed by atoms with E-state index >= 15 is 0 Å². The third-order valence-electron chi connectivity index (χ3n) is 6.33. The predicted octanol–water partition coefficient (Wildman–Crippen LogP) is 3.17. The zero-order valence-corrected chi connectivity index (χ0v) is 19.2. The topological polar surface area (TPSA) is 104 Å². The number of nitrogens with one attached hydrogen (secondary N) is 1. The van der Waals surface area contributed by atoms with Crippen molar-refractivity contribution in [1.29, 1.82) is 0 Å². The van der Waals surface area contributed by atoms with Crippen molar-refractivity contribution in [3.8, 4) is 11.4 Å². The van der Waals surface area contributed by atoms with Crippen LogP contribution in [0.2, 0.25) is 0 Å². The van der Waals surface area contributed by atoms with Crippen molar-refractivity contribution < 1.29 is 9.90 Å². The van der Waals surface area contributed by atoms with Crippen LogP contribution in [0, 0.1) is 0 Å². The molecule has 3 heterocycles. The number of rotatable bonds is 5. The van der Waals surface area contributed by atoms with Gasteiger partial charge in [0.15, 0.2) is 11.5 Å². The zero-order valence-electron chi connectivity index (χ0n) is 19.2. The quantitative estimate of drug-likeness (QED) is 0.479. The van der Waals surface area contributed by atoms with Gasteiger partial charge in [0, 0.05) is 24.2 Å². The first-order valence-electron chi connectivity index (χ1n) is 11.5. The average molecular weight is 458 g/mol. The molecule has 1 fully saturated rings. The van der Waals surface area contributed by atoms with Crippen molar-refractivity contribution in [1.82, 2.24) is 24.4 Å². The zero-order chi connectivity index (χ0) is 23.8. The molecular formula is C26H27N5O3. The van der Waals surface area contributed by atoms with Gasteiger partial charge in [-0.3, -0.25) is 9.36 Å². The average Bonchev–Trinajstić information content (AvgIpc) is 3.41. The molecule has 0 bridgehead atoms. The Morgan fingerprint density at radius 2 is 1.94 bits per heavy atom. The van der Waals surface area contributed by atoms with E-state index in [0.717, 1.165) is 16.7 Å². The highest BCUT2D eigenvalue weighted by molar-refractivity contribution is 5.94. The summed E-state index contributed by atoms with van der Waals surface area (Å²) in [7, 11) is 0. The fourth-order valence-electron chi connectivity index (χ4n) is 4.47. The number of amides is 1. The van der Waals surface area contributed by atoms with Crippen LogP contribution in [0.25, 0.3) is 22.6 Å². The molecule has 174 valence electrons. The van der Waals surface area contributed by atoms with Crippen LogP contribution in [0.4, 0.5) is 0 Å². The van der Waals surface area contributed by atoms with Crippen molar-refractivity contribution in [2.75, 3.05) is 13.1 Å². The first-order chi connectivity index (χ1) is 16.4. The summed E-state index contributed by atoms with van der Waals surface area (Å²) in [6, 6.07) is 15.3. The number of fused-ring (bicyclic) bond motifs is 1. The highest BCUT2D eigenvalue weighted by Gasteiger charge is 2.25. The second kappa shape index (κ2) is 8.87. The van der Waals surface area contributed by atoms with Gasteiger partial charge in [-0.25, -0.2) is 14.8 Å². The van der Waals surface area contributed by atoms with Gasteiger partial charge in [0.2, 0.25) is 0 Å². The Hall–Kier alpha value is -3.78. The maximum atomic E-state index is 12.7. The third kappa shape index (κ3) is 4.12. The second-order valence-corrected chi connectivity index (χ2v) is 9.08. The number of carbonyl (C=O) groups is 1. The van der Waals surface area contributed by atoms with Crippen LogP contribution in [0.15, 0.2) is 59.5 Å². The van der Waals surface area contributed by atoms with Gasteiger partial charge in [-0.1, -0.05) is 50.2 Å². The number of aliphatic hydroxyl groups excluding tert-OH is 1. The molecule has 1 unspecified atom stereocenters. The molecule has 1 aliphatic rings. The molecule has 0 radical (unpaired) electrons. The van der Waals surface area contributed by atoms with Crippen LogP contribution in [-0.2, 0) is 6.54 Å². The van der Waals surface area contributed by atoms with Crippen molar-refractivity contribution >= 4 is 17.1 Å². The van der Waals surface area contributed by atoms with Gasteiger partial charge in [-0.2, -0.15) is 0 Å². The van der Waals surface area contributed by atoms with Gasteiger partial charge < -0.3 is 15.0 Å². The number of aromatic amines is 1. The molecule has 1 atom stereocenters. The van der Waals surface area contributed by atoms with Crippen molar-refractivity contribution in [2.24, 2.45) is 0 Å². The molecule has 2 aromatic carbocycles. The smallest absolute Gasteiger partial charge is 0.328 e. The third-order valence-corrected chi connectivity index (χ3v) is 6.33. The van der Waals surface area contributed by atoms with Crippen LogP contribution in [-0.4, -0.2) is 54.6 Å². The molecule has 2 aromatic heterocycles. The number of hydrogen-bond donors (Lipinski definition) is 2. The van der Waals surface area contributed by atoms with Crippen molar-refractivity contribution in [3.63, 3.8) is 0 Å². The predicted molar refractivity (Wildman–Crippen MR) is 130 cm³/mol. The standard InChI is InChI=1S/C26H27N5O3/c1-16(2)20-5-3-4-6-21(20)23-27-13-22-24(29-23)31(26(34)28-22)14-17-7-9-18(10-8-17)25(33)30-12-11-19(32)15-30/h3-10,13,16,19,32H,11-12,14-15H2,1-2H3,(H,28,34). The van der Waals surface area contributed by atoms with E-state index in [-0.39, 0.29) is 11.6 Å². The number of likely N-dealkylation sites (tertiary alicyclic amines) is 1. The largest absolute Gasteiger partial charge is 0.391 e. The normalized spacial score (nSPS) is 16.0. The fourth-order valence-corrected chi connectivity index (χ4v) is 4.47. The molecule has 0 aliphatic carbocycles. The molecule has 4 aromatic rings. The second-order valence-electron chi connectivity index (χ2n) is 9.08. The molecule has 1 amide bonds. The summed E-state index contributed by atoms with van der Waals surface area (Å²) in [5.74, 6) is 0.806. The molecule has 0 spiro atoms. The SMILES string of the molecule is CC(C)c1ccccc1-c1ncc2[nH]c(=O)n(Cc3ccc(C(=O)N4CCC(O)C4)cc3)c2n1. The molecule has 5 rings (SSSR count). The molecule has 34 heavy (non-hydrogen) atoms. The minimum Gasteiger partial charge on any atom is -0.391 e. The number of hydrogen-bond acceptors (Lipinski definition) is 5. The van der Waals surface area contributed by atoms with Gasteiger partial charge in [0.05, 0.1) is 18.8 Å². The molecule has 1 saturated heterocycles. The van der Waals surface area contributed by atoms with E-state index in [4.69, 9.17) is 4.98 Å². The number of H-pyrrole nitrogens is 1. The Morgan fingerprint density at radius 3 is 2.65 bits per heavy atom. The maximum absolute atomic E-state index is 12.7. The number of carbonyl (C=O) groups excluding carboxylic acids is 1. The molecular weight excluding hydrogens is 430 g/mol. The van der Waals surface area contributed by atoms with Crippen molar-refractivity contribution in [3.05, 3.63) is 81.9 Å². The lowest BCUT2D eigenvalue weighted by atomic mass is 9.97. The fraction of sp³-hybridized carbons (Fsp3) is 0.308. The number of aromatic nitrogens is 4. The highest BCUT2D eigenvalue weighted by Crippen LogP contribution is 2.27. The number of benzene rings is 2. The first-order valence-corrected chi connectivity index (χ1v) is 11.5. The number of nitrogens with zero attached hydrogens (tertiary/aromatic N) is 4. The van der Waals surface area contributed by atoms with Gasteiger partial charge in [-0.15, -0.1) is 0 Å². The number of aliphatic hydroxyl groups is 1. The minimum atomic E-state index is -0.448. The van der Waals surface area contributed by atoms with Gasteiger partial charge in [0.1, 0.15) is 5.52 Å².